The van der Waals surface area contributed by atoms with Crippen molar-refractivity contribution < 1.29 is 4.79 Å². The number of rotatable bonds is 4. The zero-order valence-corrected chi connectivity index (χ0v) is 20.2. The lowest BCUT2D eigenvalue weighted by atomic mass is 10.0. The maximum Gasteiger partial charge on any atom is 0.263 e. The molecule has 176 valence electrons. The Bertz CT molecular complexity index is 1820. The Kier molecular flexibility index (Phi) is 5.00. The molecule has 1 aliphatic heterocycles. The predicted molar refractivity (Wildman–Crippen MR) is 153 cm³/mol. The second-order valence-electron chi connectivity index (χ2n) is 9.42. The number of anilines is 2. The highest BCUT2D eigenvalue weighted by molar-refractivity contribution is 6.38. The Morgan fingerprint density at radius 1 is 0.649 bits per heavy atom. The Hall–Kier alpha value is -4.89. The predicted octanol–water partition coefficient (Wildman–Crippen LogP) is 8.06. The molecule has 0 bridgehead atoms. The van der Waals surface area contributed by atoms with Gasteiger partial charge in [-0.25, -0.2) is 0 Å². The number of hydrogen-bond acceptors (Lipinski definition) is 1. The minimum Gasteiger partial charge on any atom is -0.342 e. The monoisotopic (exact) mass is 476 g/mol. The topological polar surface area (TPSA) is 25.2 Å². The molecule has 5 aromatic carbocycles. The molecule has 0 radical (unpaired) electrons. The average molecular weight is 477 g/mol. The van der Waals surface area contributed by atoms with Crippen molar-refractivity contribution in [2.75, 3.05) is 4.90 Å². The molecule has 0 fully saturated rings. The van der Waals surface area contributed by atoms with Crippen molar-refractivity contribution in [2.45, 2.75) is 6.54 Å². The highest BCUT2D eigenvalue weighted by atomic mass is 16.2. The number of benzene rings is 5. The number of carbonyl (C=O) groups is 1. The van der Waals surface area contributed by atoms with E-state index in [-0.39, 0.29) is 5.91 Å². The maximum atomic E-state index is 13.8. The Morgan fingerprint density at radius 2 is 1.35 bits per heavy atom. The first kappa shape index (κ1) is 21.4. The zero-order valence-electron chi connectivity index (χ0n) is 20.2. The molecule has 0 aliphatic carbocycles. The van der Waals surface area contributed by atoms with Crippen LogP contribution in [0.5, 0.6) is 0 Å². The number of para-hydroxylation sites is 3. The van der Waals surface area contributed by atoms with Crippen LogP contribution in [0, 0.1) is 0 Å². The van der Waals surface area contributed by atoms with Crippen LogP contribution in [0.25, 0.3) is 33.3 Å². The lowest BCUT2D eigenvalue weighted by Gasteiger charge is -2.16. The Labute approximate surface area is 215 Å². The van der Waals surface area contributed by atoms with Crippen LogP contribution in [-0.2, 0) is 11.3 Å². The fraction of sp³-hybridized carbons (Fsp3) is 0.0294. The van der Waals surface area contributed by atoms with Crippen molar-refractivity contribution >= 4 is 50.6 Å². The summed E-state index contributed by atoms with van der Waals surface area (Å²) in [6.45, 7) is 0.756. The number of aromatic nitrogens is 1. The van der Waals surface area contributed by atoms with Crippen molar-refractivity contribution in [3.63, 3.8) is 0 Å². The van der Waals surface area contributed by atoms with Crippen molar-refractivity contribution in [3.8, 4) is 0 Å². The summed E-state index contributed by atoms with van der Waals surface area (Å²) < 4.78 is 2.30. The third-order valence-electron chi connectivity index (χ3n) is 7.22. The molecule has 7 rings (SSSR count). The van der Waals surface area contributed by atoms with Crippen LogP contribution in [0.4, 0.5) is 11.4 Å². The van der Waals surface area contributed by atoms with Gasteiger partial charge in [0.25, 0.3) is 5.91 Å². The lowest BCUT2D eigenvalue weighted by molar-refractivity contribution is -0.112. The molecule has 2 heterocycles. The number of fused-ring (bicyclic) bond motifs is 3. The first-order valence-corrected chi connectivity index (χ1v) is 12.5. The minimum absolute atomic E-state index is 0.00159. The van der Waals surface area contributed by atoms with Crippen molar-refractivity contribution in [1.82, 2.24) is 4.57 Å². The highest BCUT2D eigenvalue weighted by Gasteiger charge is 2.33. The largest absolute Gasteiger partial charge is 0.342 e. The third kappa shape index (κ3) is 3.56. The van der Waals surface area contributed by atoms with Crippen LogP contribution in [0.15, 0.2) is 128 Å². The molecule has 1 amide bonds. The van der Waals surface area contributed by atoms with Gasteiger partial charge in [0.05, 0.1) is 11.3 Å². The normalized spacial score (nSPS) is 14.1. The fourth-order valence-corrected chi connectivity index (χ4v) is 5.50. The van der Waals surface area contributed by atoms with Gasteiger partial charge >= 0.3 is 0 Å². The molecule has 0 saturated carbocycles. The lowest BCUT2D eigenvalue weighted by Crippen LogP contribution is -2.20. The first-order valence-electron chi connectivity index (χ1n) is 12.5. The standard InChI is InChI=1S/C34H24N2O/c37-34-31(30-18-7-9-20-33(30)36(34)27-14-2-1-3-15-27)21-26-23-35(32-19-8-6-17-29(26)32)22-25-13-10-12-24-11-4-5-16-28(24)25/h1-21,23H,22H2/b31-21+. The van der Waals surface area contributed by atoms with E-state index in [4.69, 9.17) is 0 Å². The minimum atomic E-state index is -0.00159. The molecule has 1 aliphatic rings. The SMILES string of the molecule is O=C1/C(=C/c2cn(Cc3cccc4ccccc34)c3ccccc23)c2ccccc2N1c1ccccc1. The van der Waals surface area contributed by atoms with E-state index in [0.717, 1.165) is 39.9 Å². The molecule has 1 aromatic heterocycles. The molecular formula is C34H24N2O. The van der Waals surface area contributed by atoms with Crippen LogP contribution in [0.3, 0.4) is 0 Å². The van der Waals surface area contributed by atoms with Crippen molar-refractivity contribution in [3.05, 3.63) is 144 Å². The van der Waals surface area contributed by atoms with Crippen molar-refractivity contribution in [2.24, 2.45) is 0 Å². The van der Waals surface area contributed by atoms with Gasteiger partial charge in [0.1, 0.15) is 0 Å². The summed E-state index contributed by atoms with van der Waals surface area (Å²) in [5.41, 5.74) is 6.95. The smallest absolute Gasteiger partial charge is 0.263 e. The van der Waals surface area contributed by atoms with Crippen LogP contribution in [0.2, 0.25) is 0 Å². The van der Waals surface area contributed by atoms with E-state index in [2.05, 4.69) is 83.6 Å². The summed E-state index contributed by atoms with van der Waals surface area (Å²) in [4.78, 5) is 15.6. The van der Waals surface area contributed by atoms with Gasteiger partial charge in [0.2, 0.25) is 0 Å². The molecule has 0 N–H and O–H groups in total. The van der Waals surface area contributed by atoms with E-state index < -0.39 is 0 Å². The van der Waals surface area contributed by atoms with Gasteiger partial charge in [0.15, 0.2) is 0 Å². The molecule has 3 nitrogen and oxygen atoms in total. The first-order chi connectivity index (χ1) is 18.3. The number of nitrogens with zero attached hydrogens (tertiary/aromatic N) is 2. The number of carbonyl (C=O) groups excluding carboxylic acids is 1. The molecular weight excluding hydrogens is 452 g/mol. The molecule has 0 atom stereocenters. The third-order valence-corrected chi connectivity index (χ3v) is 7.22. The van der Waals surface area contributed by atoms with Crippen LogP contribution in [0.1, 0.15) is 16.7 Å². The summed E-state index contributed by atoms with van der Waals surface area (Å²) in [5.74, 6) is -0.00159. The van der Waals surface area contributed by atoms with Gasteiger partial charge in [-0.15, -0.1) is 0 Å². The quantitative estimate of drug-likeness (QED) is 0.236. The van der Waals surface area contributed by atoms with Gasteiger partial charge in [-0.05, 0) is 46.7 Å². The summed E-state index contributed by atoms with van der Waals surface area (Å²) >= 11 is 0. The summed E-state index contributed by atoms with van der Waals surface area (Å²) in [7, 11) is 0. The average Bonchev–Trinajstić information content (AvgIpc) is 3.44. The maximum absolute atomic E-state index is 13.8. The van der Waals surface area contributed by atoms with Gasteiger partial charge in [0, 0.05) is 40.5 Å². The van der Waals surface area contributed by atoms with E-state index in [1.54, 1.807) is 0 Å². The van der Waals surface area contributed by atoms with Crippen molar-refractivity contribution in [1.29, 1.82) is 0 Å². The fourth-order valence-electron chi connectivity index (χ4n) is 5.50. The van der Waals surface area contributed by atoms with E-state index in [9.17, 15) is 4.79 Å². The van der Waals surface area contributed by atoms with E-state index in [1.807, 2.05) is 59.5 Å². The molecule has 0 unspecified atom stereocenters. The van der Waals surface area contributed by atoms with Crippen LogP contribution < -0.4 is 4.90 Å². The van der Waals surface area contributed by atoms with Gasteiger partial charge < -0.3 is 4.57 Å². The van der Waals surface area contributed by atoms with E-state index in [0.29, 0.717) is 5.57 Å². The Balaban J connectivity index is 1.36. The summed E-state index contributed by atoms with van der Waals surface area (Å²) in [5, 5.41) is 3.65. The molecule has 0 spiro atoms. The second kappa shape index (κ2) is 8.65. The molecule has 6 aromatic rings. The number of amides is 1. The molecule has 0 saturated heterocycles. The van der Waals surface area contributed by atoms with Gasteiger partial charge in [-0.1, -0.05) is 97.1 Å². The van der Waals surface area contributed by atoms with Crippen LogP contribution in [-0.4, -0.2) is 10.5 Å². The van der Waals surface area contributed by atoms with E-state index in [1.165, 1.54) is 16.3 Å². The number of hydrogen-bond donors (Lipinski definition) is 0. The second-order valence-corrected chi connectivity index (χ2v) is 9.42. The molecule has 37 heavy (non-hydrogen) atoms. The summed E-state index contributed by atoms with van der Waals surface area (Å²) in [6, 6.07) is 41.3. The molecule has 3 heteroatoms. The van der Waals surface area contributed by atoms with Gasteiger partial charge in [-0.3, -0.25) is 9.69 Å². The summed E-state index contributed by atoms with van der Waals surface area (Å²) in [6.07, 6.45) is 4.24. The highest BCUT2D eigenvalue weighted by Crippen LogP contribution is 2.42. The van der Waals surface area contributed by atoms with E-state index >= 15 is 0 Å². The van der Waals surface area contributed by atoms with Gasteiger partial charge in [-0.2, -0.15) is 0 Å². The van der Waals surface area contributed by atoms with Crippen LogP contribution >= 0.6 is 0 Å². The zero-order chi connectivity index (χ0) is 24.8. The Morgan fingerprint density at radius 3 is 2.24 bits per heavy atom.